The van der Waals surface area contributed by atoms with Gasteiger partial charge in [-0.3, -0.25) is 0 Å². The molecule has 1 aromatic rings. The van der Waals surface area contributed by atoms with Gasteiger partial charge in [0.05, 0.1) is 6.54 Å². The Bertz CT molecular complexity index is 338. The van der Waals surface area contributed by atoms with Crippen LogP contribution in [0.1, 0.15) is 0 Å². The molecule has 2 nitrogen and oxygen atoms in total. The lowest BCUT2D eigenvalue weighted by Crippen LogP contribution is -2.24. The van der Waals surface area contributed by atoms with Gasteiger partial charge in [0, 0.05) is 17.6 Å². The van der Waals surface area contributed by atoms with Crippen LogP contribution in [0.15, 0.2) is 54.4 Å². The molecule has 13 heavy (non-hydrogen) atoms. The maximum absolute atomic E-state index is 5.73. The Morgan fingerprint density at radius 3 is 2.62 bits per heavy atom. The normalized spacial score (nSPS) is 15.7. The third-order valence-electron chi connectivity index (χ3n) is 2.02. The lowest BCUT2D eigenvalue weighted by atomic mass is 10.2. The fourth-order valence-corrected chi connectivity index (χ4v) is 1.37. The molecule has 66 valence electrons. The van der Waals surface area contributed by atoms with Crippen LogP contribution in [0.3, 0.4) is 0 Å². The second kappa shape index (κ2) is 3.35. The highest BCUT2D eigenvalue weighted by Gasteiger charge is 2.05. The number of anilines is 1. The summed E-state index contributed by atoms with van der Waals surface area (Å²) in [6.07, 6.45) is 5.93. The van der Waals surface area contributed by atoms with Gasteiger partial charge in [-0.2, -0.15) is 0 Å². The van der Waals surface area contributed by atoms with Crippen LogP contribution < -0.4 is 10.6 Å². The zero-order valence-electron chi connectivity index (χ0n) is 7.35. The van der Waals surface area contributed by atoms with E-state index in [9.17, 15) is 0 Å². The van der Waals surface area contributed by atoms with E-state index in [2.05, 4.69) is 17.0 Å². The van der Waals surface area contributed by atoms with Crippen molar-refractivity contribution in [3.05, 3.63) is 54.4 Å². The van der Waals surface area contributed by atoms with Gasteiger partial charge in [-0.25, -0.2) is 0 Å². The first-order valence-corrected chi connectivity index (χ1v) is 4.31. The van der Waals surface area contributed by atoms with E-state index >= 15 is 0 Å². The Labute approximate surface area is 78.0 Å². The Hall–Kier alpha value is -1.70. The second-order valence-electron chi connectivity index (χ2n) is 3.05. The first-order valence-electron chi connectivity index (χ1n) is 4.31. The highest BCUT2D eigenvalue weighted by atomic mass is 15.1. The van der Waals surface area contributed by atoms with Crippen LogP contribution in [0.2, 0.25) is 0 Å². The van der Waals surface area contributed by atoms with Crippen molar-refractivity contribution in [1.82, 2.24) is 0 Å². The van der Waals surface area contributed by atoms with Gasteiger partial charge in [0.25, 0.3) is 0 Å². The molecular weight excluding hydrogens is 160 g/mol. The number of nitrogens with zero attached hydrogens (tertiary/aromatic N) is 1. The first-order chi connectivity index (χ1) is 6.36. The van der Waals surface area contributed by atoms with Gasteiger partial charge in [0.15, 0.2) is 0 Å². The van der Waals surface area contributed by atoms with Crippen molar-refractivity contribution < 1.29 is 0 Å². The third-order valence-corrected chi connectivity index (χ3v) is 2.02. The Balaban J connectivity index is 2.21. The lowest BCUT2D eigenvalue weighted by Gasteiger charge is -2.22. The molecule has 0 aliphatic carbocycles. The van der Waals surface area contributed by atoms with E-state index in [0.717, 1.165) is 12.2 Å². The van der Waals surface area contributed by atoms with E-state index in [4.69, 9.17) is 5.73 Å². The molecule has 0 unspecified atom stereocenters. The standard InChI is InChI=1S/C11H12N2/c12-10-5-4-8-13(9-10)11-6-2-1-3-7-11/h1-8H,9,12H2. The predicted molar refractivity (Wildman–Crippen MR) is 55.2 cm³/mol. The van der Waals surface area contributed by atoms with E-state index in [-0.39, 0.29) is 0 Å². The molecular formula is C11H12N2. The van der Waals surface area contributed by atoms with Crippen LogP contribution in [0.25, 0.3) is 0 Å². The summed E-state index contributed by atoms with van der Waals surface area (Å²) in [5.41, 5.74) is 7.80. The van der Waals surface area contributed by atoms with Crippen molar-refractivity contribution in [3.8, 4) is 0 Å². The number of nitrogens with two attached hydrogens (primary N) is 1. The van der Waals surface area contributed by atoms with Gasteiger partial charge in [-0.05, 0) is 24.3 Å². The Morgan fingerprint density at radius 2 is 1.92 bits per heavy atom. The third kappa shape index (κ3) is 1.72. The van der Waals surface area contributed by atoms with E-state index in [1.165, 1.54) is 5.69 Å². The van der Waals surface area contributed by atoms with E-state index in [0.29, 0.717) is 0 Å². The zero-order chi connectivity index (χ0) is 9.10. The summed E-state index contributed by atoms with van der Waals surface area (Å²) in [6.45, 7) is 0.778. The van der Waals surface area contributed by atoms with Crippen molar-refractivity contribution >= 4 is 5.69 Å². The molecule has 0 radical (unpaired) electrons. The van der Waals surface area contributed by atoms with E-state index in [1.54, 1.807) is 0 Å². The van der Waals surface area contributed by atoms with Gasteiger partial charge in [0.2, 0.25) is 0 Å². The monoisotopic (exact) mass is 172 g/mol. The molecule has 2 heteroatoms. The molecule has 1 aliphatic heterocycles. The van der Waals surface area contributed by atoms with Crippen molar-refractivity contribution in [2.24, 2.45) is 5.73 Å². The summed E-state index contributed by atoms with van der Waals surface area (Å²) >= 11 is 0. The van der Waals surface area contributed by atoms with Crippen LogP contribution in [0.5, 0.6) is 0 Å². The minimum absolute atomic E-state index is 0.778. The van der Waals surface area contributed by atoms with Crippen LogP contribution in [0, 0.1) is 0 Å². The summed E-state index contributed by atoms with van der Waals surface area (Å²) < 4.78 is 0. The first kappa shape index (κ1) is 7.92. The van der Waals surface area contributed by atoms with Crippen molar-refractivity contribution in [2.75, 3.05) is 11.4 Å². The molecule has 2 N–H and O–H groups in total. The molecule has 0 saturated carbocycles. The molecule has 2 rings (SSSR count). The number of hydrogen-bond donors (Lipinski definition) is 1. The number of rotatable bonds is 1. The SMILES string of the molecule is NC1=CC=CN(c2ccccc2)C1. The van der Waals surface area contributed by atoms with Gasteiger partial charge in [-0.15, -0.1) is 0 Å². The smallest absolute Gasteiger partial charge is 0.0620 e. The van der Waals surface area contributed by atoms with E-state index < -0.39 is 0 Å². The number of allylic oxidation sites excluding steroid dienone is 2. The molecule has 0 saturated heterocycles. The number of para-hydroxylation sites is 1. The minimum atomic E-state index is 0.778. The number of hydrogen-bond acceptors (Lipinski definition) is 2. The van der Waals surface area contributed by atoms with Gasteiger partial charge in [-0.1, -0.05) is 18.2 Å². The molecule has 0 atom stereocenters. The van der Waals surface area contributed by atoms with Gasteiger partial charge < -0.3 is 10.6 Å². The average Bonchev–Trinajstić information content (AvgIpc) is 2.19. The molecule has 0 amide bonds. The van der Waals surface area contributed by atoms with Crippen molar-refractivity contribution in [2.45, 2.75) is 0 Å². The molecule has 0 aromatic heterocycles. The topological polar surface area (TPSA) is 29.3 Å². The van der Waals surface area contributed by atoms with Crippen molar-refractivity contribution in [3.63, 3.8) is 0 Å². The quantitative estimate of drug-likeness (QED) is 0.700. The summed E-state index contributed by atoms with van der Waals surface area (Å²) in [5.74, 6) is 0. The molecule has 0 bridgehead atoms. The maximum atomic E-state index is 5.73. The fourth-order valence-electron chi connectivity index (χ4n) is 1.37. The van der Waals surface area contributed by atoms with Crippen molar-refractivity contribution in [1.29, 1.82) is 0 Å². The average molecular weight is 172 g/mol. The highest BCUT2D eigenvalue weighted by molar-refractivity contribution is 5.51. The minimum Gasteiger partial charge on any atom is -0.401 e. The molecule has 1 aromatic carbocycles. The molecule has 0 spiro atoms. The van der Waals surface area contributed by atoms with Gasteiger partial charge >= 0.3 is 0 Å². The zero-order valence-corrected chi connectivity index (χ0v) is 7.35. The predicted octanol–water partition coefficient (Wildman–Crippen LogP) is 1.86. The Morgan fingerprint density at radius 1 is 1.15 bits per heavy atom. The molecule has 0 fully saturated rings. The fraction of sp³-hybridized carbons (Fsp3) is 0.0909. The highest BCUT2D eigenvalue weighted by Crippen LogP contribution is 2.16. The van der Waals surface area contributed by atoms with Crippen LogP contribution in [-0.2, 0) is 0 Å². The molecule has 1 heterocycles. The molecule has 1 aliphatic rings. The Kier molecular flexibility index (Phi) is 2.04. The van der Waals surface area contributed by atoms with Crippen LogP contribution in [-0.4, -0.2) is 6.54 Å². The summed E-state index contributed by atoms with van der Waals surface area (Å²) in [5, 5.41) is 0. The number of benzene rings is 1. The van der Waals surface area contributed by atoms with Crippen LogP contribution >= 0.6 is 0 Å². The summed E-state index contributed by atoms with van der Waals surface area (Å²) in [4.78, 5) is 2.12. The largest absolute Gasteiger partial charge is 0.401 e. The second-order valence-corrected chi connectivity index (χ2v) is 3.05. The summed E-state index contributed by atoms with van der Waals surface area (Å²) in [7, 11) is 0. The lowest BCUT2D eigenvalue weighted by molar-refractivity contribution is 0.995. The van der Waals surface area contributed by atoms with E-state index in [1.807, 2.05) is 36.6 Å². The summed E-state index contributed by atoms with van der Waals surface area (Å²) in [6, 6.07) is 10.2. The maximum Gasteiger partial charge on any atom is 0.0620 e. The van der Waals surface area contributed by atoms with Crippen LogP contribution in [0.4, 0.5) is 5.69 Å². The van der Waals surface area contributed by atoms with Gasteiger partial charge in [0.1, 0.15) is 0 Å².